The summed E-state index contributed by atoms with van der Waals surface area (Å²) < 4.78 is 2.14. The molecule has 2 aromatic rings. The Kier molecular flexibility index (Phi) is 3.88. The number of hydrogen-bond donors (Lipinski definition) is 1. The minimum atomic E-state index is 0.587. The average molecular weight is 269 g/mol. The molecule has 0 aliphatic carbocycles. The highest BCUT2D eigenvalue weighted by Crippen LogP contribution is 2.24. The van der Waals surface area contributed by atoms with E-state index in [2.05, 4.69) is 53.2 Å². The van der Waals surface area contributed by atoms with Crippen LogP contribution in [-0.2, 0) is 13.0 Å². The molecule has 0 bridgehead atoms. The highest BCUT2D eigenvalue weighted by atomic mass is 15.3. The van der Waals surface area contributed by atoms with Crippen LogP contribution in [0.15, 0.2) is 30.5 Å². The first-order chi connectivity index (χ1) is 9.78. The lowest BCUT2D eigenvalue weighted by Crippen LogP contribution is -2.27. The summed E-state index contributed by atoms with van der Waals surface area (Å²) in [4.78, 5) is 0. The third kappa shape index (κ3) is 2.63. The molecule has 3 rings (SSSR count). The van der Waals surface area contributed by atoms with E-state index in [1.54, 1.807) is 0 Å². The minimum absolute atomic E-state index is 0.587. The van der Waals surface area contributed by atoms with Crippen LogP contribution in [0.5, 0.6) is 0 Å². The van der Waals surface area contributed by atoms with E-state index in [-0.39, 0.29) is 0 Å². The summed E-state index contributed by atoms with van der Waals surface area (Å²) in [6.45, 7) is 6.49. The van der Waals surface area contributed by atoms with Gasteiger partial charge in [0, 0.05) is 17.3 Å². The van der Waals surface area contributed by atoms with E-state index in [0.29, 0.717) is 6.04 Å². The van der Waals surface area contributed by atoms with E-state index in [1.807, 2.05) is 6.20 Å². The normalized spacial score (nSPS) is 18.6. The van der Waals surface area contributed by atoms with Crippen LogP contribution in [0.1, 0.15) is 31.0 Å². The van der Waals surface area contributed by atoms with Gasteiger partial charge in [-0.1, -0.05) is 31.2 Å². The second-order valence-electron chi connectivity index (χ2n) is 5.67. The van der Waals surface area contributed by atoms with Gasteiger partial charge in [0.05, 0.1) is 12.7 Å². The van der Waals surface area contributed by atoms with Crippen molar-refractivity contribution in [3.63, 3.8) is 0 Å². The number of hydrogen-bond acceptors (Lipinski definition) is 2. The largest absolute Gasteiger partial charge is 0.312 e. The summed E-state index contributed by atoms with van der Waals surface area (Å²) in [5.41, 5.74) is 5.17. The molecule has 3 heteroatoms. The zero-order valence-electron chi connectivity index (χ0n) is 12.4. The molecule has 1 aromatic carbocycles. The number of nitrogens with zero attached hydrogens (tertiary/aromatic N) is 2. The fourth-order valence-electron chi connectivity index (χ4n) is 2.96. The maximum Gasteiger partial charge on any atom is 0.0571 e. The van der Waals surface area contributed by atoms with Crippen molar-refractivity contribution in [2.45, 2.75) is 45.7 Å². The summed E-state index contributed by atoms with van der Waals surface area (Å²) in [6, 6.07) is 9.43. The van der Waals surface area contributed by atoms with Gasteiger partial charge in [-0.3, -0.25) is 4.68 Å². The minimum Gasteiger partial charge on any atom is -0.312 e. The Labute approximate surface area is 121 Å². The smallest absolute Gasteiger partial charge is 0.0571 e. The zero-order valence-corrected chi connectivity index (χ0v) is 12.4. The van der Waals surface area contributed by atoms with Crippen LogP contribution in [0.4, 0.5) is 0 Å². The summed E-state index contributed by atoms with van der Waals surface area (Å²) in [7, 11) is 0. The number of benzene rings is 1. The molecule has 0 amide bonds. The van der Waals surface area contributed by atoms with Crippen molar-refractivity contribution in [1.29, 1.82) is 0 Å². The molecular weight excluding hydrogens is 246 g/mol. The molecule has 0 spiro atoms. The lowest BCUT2D eigenvalue weighted by molar-refractivity contribution is 0.469. The van der Waals surface area contributed by atoms with Gasteiger partial charge in [-0.05, 0) is 43.9 Å². The van der Waals surface area contributed by atoms with E-state index in [0.717, 1.165) is 19.5 Å². The molecule has 3 nitrogen and oxygen atoms in total. The van der Waals surface area contributed by atoms with Crippen molar-refractivity contribution in [3.8, 4) is 11.1 Å². The molecule has 20 heavy (non-hydrogen) atoms. The monoisotopic (exact) mass is 269 g/mol. The van der Waals surface area contributed by atoms with E-state index in [4.69, 9.17) is 0 Å². The van der Waals surface area contributed by atoms with Crippen LogP contribution < -0.4 is 5.32 Å². The van der Waals surface area contributed by atoms with E-state index in [9.17, 15) is 0 Å². The lowest BCUT2D eigenvalue weighted by atomic mass is 10.0. The summed E-state index contributed by atoms with van der Waals surface area (Å²) >= 11 is 0. The molecule has 1 atom stereocenters. The first-order valence-electron chi connectivity index (χ1n) is 7.63. The molecule has 1 aromatic heterocycles. The van der Waals surface area contributed by atoms with Crippen molar-refractivity contribution in [2.24, 2.45) is 0 Å². The molecule has 1 aliphatic rings. The highest BCUT2D eigenvalue weighted by molar-refractivity contribution is 5.65. The van der Waals surface area contributed by atoms with Crippen molar-refractivity contribution in [1.82, 2.24) is 15.1 Å². The van der Waals surface area contributed by atoms with Crippen LogP contribution in [0, 0.1) is 6.92 Å². The van der Waals surface area contributed by atoms with Crippen molar-refractivity contribution in [2.75, 3.05) is 6.54 Å². The SMILES string of the molecule is CCc1ccc(-c2cnn(CC3CCCN3)c2C)cc1. The number of aryl methyl sites for hydroxylation is 1. The molecule has 0 saturated carbocycles. The molecule has 1 unspecified atom stereocenters. The van der Waals surface area contributed by atoms with Crippen molar-refractivity contribution < 1.29 is 0 Å². The summed E-state index contributed by atoms with van der Waals surface area (Å²) in [5, 5.41) is 8.11. The van der Waals surface area contributed by atoms with Crippen LogP contribution in [0.3, 0.4) is 0 Å². The number of rotatable bonds is 4. The quantitative estimate of drug-likeness (QED) is 0.924. The van der Waals surface area contributed by atoms with E-state index in [1.165, 1.54) is 35.2 Å². The molecule has 106 valence electrons. The topological polar surface area (TPSA) is 29.9 Å². The van der Waals surface area contributed by atoms with Gasteiger partial charge in [0.15, 0.2) is 0 Å². The van der Waals surface area contributed by atoms with E-state index < -0.39 is 0 Å². The summed E-state index contributed by atoms with van der Waals surface area (Å²) in [5.74, 6) is 0. The maximum atomic E-state index is 4.57. The molecule has 1 N–H and O–H groups in total. The predicted octanol–water partition coefficient (Wildman–Crippen LogP) is 3.17. The van der Waals surface area contributed by atoms with Crippen molar-refractivity contribution in [3.05, 3.63) is 41.7 Å². The van der Waals surface area contributed by atoms with Crippen molar-refractivity contribution >= 4 is 0 Å². The molecule has 2 heterocycles. The lowest BCUT2D eigenvalue weighted by Gasteiger charge is -2.12. The molecule has 1 fully saturated rings. The van der Waals surface area contributed by atoms with Gasteiger partial charge >= 0.3 is 0 Å². The van der Waals surface area contributed by atoms with Crippen LogP contribution in [0.2, 0.25) is 0 Å². The Hall–Kier alpha value is -1.61. The Morgan fingerprint density at radius 3 is 2.75 bits per heavy atom. The fraction of sp³-hybridized carbons (Fsp3) is 0.471. The third-order valence-electron chi connectivity index (χ3n) is 4.33. The zero-order chi connectivity index (χ0) is 13.9. The number of nitrogens with one attached hydrogen (secondary N) is 1. The van der Waals surface area contributed by atoms with Gasteiger partial charge in [-0.25, -0.2) is 0 Å². The molecule has 1 aliphatic heterocycles. The van der Waals surface area contributed by atoms with Gasteiger partial charge in [0.25, 0.3) is 0 Å². The highest BCUT2D eigenvalue weighted by Gasteiger charge is 2.17. The van der Waals surface area contributed by atoms with Gasteiger partial charge in [0.1, 0.15) is 0 Å². The third-order valence-corrected chi connectivity index (χ3v) is 4.33. The Bertz CT molecular complexity index is 562. The van der Waals surface area contributed by atoms with Gasteiger partial charge < -0.3 is 5.32 Å². The number of aromatic nitrogens is 2. The Morgan fingerprint density at radius 1 is 1.30 bits per heavy atom. The van der Waals surface area contributed by atoms with Crippen LogP contribution >= 0.6 is 0 Å². The molecule has 0 radical (unpaired) electrons. The van der Waals surface area contributed by atoms with Gasteiger partial charge in [-0.2, -0.15) is 5.10 Å². The molecular formula is C17H23N3. The summed E-state index contributed by atoms with van der Waals surface area (Å²) in [6.07, 6.45) is 5.65. The van der Waals surface area contributed by atoms with Crippen LogP contribution in [0.25, 0.3) is 11.1 Å². The first kappa shape index (κ1) is 13.4. The fourth-order valence-corrected chi connectivity index (χ4v) is 2.96. The first-order valence-corrected chi connectivity index (χ1v) is 7.63. The van der Waals surface area contributed by atoms with Crippen LogP contribution in [-0.4, -0.2) is 22.4 Å². The average Bonchev–Trinajstić information content (AvgIpc) is 3.11. The van der Waals surface area contributed by atoms with Gasteiger partial charge in [-0.15, -0.1) is 0 Å². The second kappa shape index (κ2) is 5.80. The van der Waals surface area contributed by atoms with Gasteiger partial charge in [0.2, 0.25) is 0 Å². The standard InChI is InChI=1S/C17H23N3/c1-3-14-6-8-15(9-7-14)17-11-19-20(13(17)2)12-16-5-4-10-18-16/h6-9,11,16,18H,3-5,10,12H2,1-2H3. The predicted molar refractivity (Wildman–Crippen MR) is 82.8 cm³/mol. The Morgan fingerprint density at radius 2 is 2.10 bits per heavy atom. The second-order valence-corrected chi connectivity index (χ2v) is 5.67. The van der Waals surface area contributed by atoms with E-state index >= 15 is 0 Å². The molecule has 1 saturated heterocycles. The Balaban J connectivity index is 1.81. The maximum absolute atomic E-state index is 4.57.